The number of ether oxygens (including phenoxy) is 1. The molecule has 0 aliphatic heterocycles. The minimum absolute atomic E-state index is 0.120. The Balaban J connectivity index is 2.32. The molecule has 0 amide bonds. The molecule has 1 aromatic heterocycles. The van der Waals surface area contributed by atoms with E-state index in [0.717, 1.165) is 16.8 Å². The largest absolute Gasteiger partial charge is 0.494 e. The predicted octanol–water partition coefficient (Wildman–Crippen LogP) is 3.39. The number of rotatable bonds is 3. The molecule has 3 rings (SSSR count). The molecule has 1 aromatic carbocycles. The number of hydrogen-bond acceptors (Lipinski definition) is 3. The standard InChI is InChI=1S/C20H19NO3/c1-4-24-14-8-9-15-16(11-14)18(12-20(2,3)17(15)13-22)21-10-6-5-7-19(21)23/h5-12H,4H2,1-3H3. The van der Waals surface area contributed by atoms with Gasteiger partial charge < -0.3 is 4.74 Å². The van der Waals surface area contributed by atoms with Crippen LogP contribution in [0.25, 0.3) is 11.3 Å². The van der Waals surface area contributed by atoms with Crippen LogP contribution in [0.15, 0.2) is 53.5 Å². The molecule has 2 aromatic rings. The van der Waals surface area contributed by atoms with Crippen molar-refractivity contribution < 1.29 is 9.53 Å². The predicted molar refractivity (Wildman–Crippen MR) is 94.6 cm³/mol. The van der Waals surface area contributed by atoms with Gasteiger partial charge in [-0.3, -0.25) is 9.36 Å². The number of pyridine rings is 1. The maximum atomic E-state index is 12.3. The van der Waals surface area contributed by atoms with Gasteiger partial charge in [0.2, 0.25) is 0 Å². The zero-order valence-corrected chi connectivity index (χ0v) is 14.0. The lowest BCUT2D eigenvalue weighted by Crippen LogP contribution is -2.25. The minimum Gasteiger partial charge on any atom is -0.494 e. The van der Waals surface area contributed by atoms with Gasteiger partial charge in [-0.05, 0) is 42.8 Å². The van der Waals surface area contributed by atoms with Crippen LogP contribution in [0.1, 0.15) is 31.9 Å². The highest BCUT2D eigenvalue weighted by Crippen LogP contribution is 2.44. The SMILES string of the molecule is CCOc1ccc2c(c1)C(n1ccccc1=O)=CC(C)(C)C2=C=O. The van der Waals surface area contributed by atoms with Gasteiger partial charge in [0.15, 0.2) is 0 Å². The maximum absolute atomic E-state index is 12.3. The Kier molecular flexibility index (Phi) is 4.00. The lowest BCUT2D eigenvalue weighted by molar-refractivity contribution is 0.340. The molecule has 24 heavy (non-hydrogen) atoms. The second kappa shape index (κ2) is 5.99. The van der Waals surface area contributed by atoms with Crippen molar-refractivity contribution in [3.63, 3.8) is 0 Å². The smallest absolute Gasteiger partial charge is 0.255 e. The molecule has 0 saturated carbocycles. The molecule has 0 bridgehead atoms. The normalized spacial score (nSPS) is 15.3. The van der Waals surface area contributed by atoms with E-state index in [1.54, 1.807) is 16.8 Å². The third-order valence-electron chi connectivity index (χ3n) is 4.17. The van der Waals surface area contributed by atoms with Crippen LogP contribution in [0, 0.1) is 5.41 Å². The highest BCUT2D eigenvalue weighted by Gasteiger charge is 2.32. The van der Waals surface area contributed by atoms with Gasteiger partial charge in [-0.1, -0.05) is 19.9 Å². The van der Waals surface area contributed by atoms with Crippen molar-refractivity contribution in [3.05, 3.63) is 70.2 Å². The van der Waals surface area contributed by atoms with E-state index < -0.39 is 5.41 Å². The Morgan fingerprint density at radius 2 is 1.96 bits per heavy atom. The number of fused-ring (bicyclic) bond motifs is 1. The van der Waals surface area contributed by atoms with E-state index in [9.17, 15) is 9.59 Å². The van der Waals surface area contributed by atoms with E-state index in [-0.39, 0.29) is 5.56 Å². The molecule has 1 aliphatic carbocycles. The molecule has 1 heterocycles. The van der Waals surface area contributed by atoms with Crippen molar-refractivity contribution in [2.45, 2.75) is 20.8 Å². The van der Waals surface area contributed by atoms with E-state index in [1.807, 2.05) is 51.1 Å². The number of aromatic nitrogens is 1. The van der Waals surface area contributed by atoms with Crippen LogP contribution in [0.3, 0.4) is 0 Å². The van der Waals surface area contributed by atoms with Crippen LogP contribution < -0.4 is 10.3 Å². The van der Waals surface area contributed by atoms with Crippen LogP contribution in [0.5, 0.6) is 5.75 Å². The number of carbonyl (C=O) groups excluding carboxylic acids is 1. The van der Waals surface area contributed by atoms with E-state index in [0.29, 0.717) is 17.9 Å². The summed E-state index contributed by atoms with van der Waals surface area (Å²) < 4.78 is 7.18. The van der Waals surface area contributed by atoms with Crippen LogP contribution >= 0.6 is 0 Å². The fraction of sp³-hybridized carbons (Fsp3) is 0.250. The van der Waals surface area contributed by atoms with Gasteiger partial charge in [0, 0.05) is 23.2 Å². The van der Waals surface area contributed by atoms with Gasteiger partial charge in [0.1, 0.15) is 11.7 Å². The average molecular weight is 321 g/mol. The summed E-state index contributed by atoms with van der Waals surface area (Å²) in [4.78, 5) is 23.9. The average Bonchev–Trinajstić information content (AvgIpc) is 2.55. The second-order valence-corrected chi connectivity index (χ2v) is 6.28. The van der Waals surface area contributed by atoms with E-state index >= 15 is 0 Å². The summed E-state index contributed by atoms with van der Waals surface area (Å²) in [6.45, 7) is 6.35. The van der Waals surface area contributed by atoms with Crippen LogP contribution in [0.2, 0.25) is 0 Å². The summed E-state index contributed by atoms with van der Waals surface area (Å²) in [7, 11) is 0. The molecule has 0 saturated heterocycles. The maximum Gasteiger partial charge on any atom is 0.255 e. The molecule has 0 spiro atoms. The molecule has 0 N–H and O–H groups in total. The molecule has 4 nitrogen and oxygen atoms in total. The Morgan fingerprint density at radius 1 is 1.17 bits per heavy atom. The number of allylic oxidation sites excluding steroid dienone is 2. The van der Waals surface area contributed by atoms with E-state index in [2.05, 4.69) is 5.94 Å². The van der Waals surface area contributed by atoms with Gasteiger partial charge in [0.05, 0.1) is 17.9 Å². The van der Waals surface area contributed by atoms with Crippen molar-refractivity contribution in [1.29, 1.82) is 0 Å². The molecule has 0 atom stereocenters. The zero-order chi connectivity index (χ0) is 17.3. The van der Waals surface area contributed by atoms with Crippen molar-refractivity contribution in [1.82, 2.24) is 4.57 Å². The van der Waals surface area contributed by atoms with Gasteiger partial charge in [-0.2, -0.15) is 0 Å². The second-order valence-electron chi connectivity index (χ2n) is 6.28. The van der Waals surface area contributed by atoms with Crippen LogP contribution in [-0.4, -0.2) is 17.1 Å². The fourth-order valence-corrected chi connectivity index (χ4v) is 3.06. The first kappa shape index (κ1) is 16.0. The van der Waals surface area contributed by atoms with Crippen molar-refractivity contribution in [3.8, 4) is 5.75 Å². The Hall–Kier alpha value is -2.84. The topological polar surface area (TPSA) is 48.3 Å². The third-order valence-corrected chi connectivity index (χ3v) is 4.17. The van der Waals surface area contributed by atoms with E-state index in [1.165, 1.54) is 6.07 Å². The van der Waals surface area contributed by atoms with Crippen LogP contribution in [0.4, 0.5) is 0 Å². The monoisotopic (exact) mass is 321 g/mol. The molecule has 4 heteroatoms. The number of hydrogen-bond donors (Lipinski definition) is 0. The minimum atomic E-state index is -0.521. The van der Waals surface area contributed by atoms with Gasteiger partial charge >= 0.3 is 0 Å². The summed E-state index contributed by atoms with van der Waals surface area (Å²) in [5.74, 6) is 2.79. The highest BCUT2D eigenvalue weighted by atomic mass is 16.5. The fourth-order valence-electron chi connectivity index (χ4n) is 3.06. The first-order valence-corrected chi connectivity index (χ1v) is 7.92. The molecule has 122 valence electrons. The zero-order valence-electron chi connectivity index (χ0n) is 14.0. The summed E-state index contributed by atoms with van der Waals surface area (Å²) in [5, 5.41) is 0. The van der Waals surface area contributed by atoms with Crippen LogP contribution in [-0.2, 0) is 4.79 Å². The van der Waals surface area contributed by atoms with Crippen molar-refractivity contribution in [2.24, 2.45) is 5.41 Å². The quantitative estimate of drug-likeness (QED) is 0.814. The first-order chi connectivity index (χ1) is 11.5. The molecule has 0 unspecified atom stereocenters. The van der Waals surface area contributed by atoms with Gasteiger partial charge in [-0.15, -0.1) is 0 Å². The summed E-state index contributed by atoms with van der Waals surface area (Å²) in [6.07, 6.45) is 3.67. The first-order valence-electron chi connectivity index (χ1n) is 7.92. The van der Waals surface area contributed by atoms with Gasteiger partial charge in [0.25, 0.3) is 5.56 Å². The molecular formula is C20H19NO3. The van der Waals surface area contributed by atoms with Gasteiger partial charge in [-0.25, -0.2) is 4.79 Å². The van der Waals surface area contributed by atoms with Crippen molar-refractivity contribution >= 4 is 17.2 Å². The summed E-state index contributed by atoms with van der Waals surface area (Å²) in [6, 6.07) is 10.6. The number of nitrogens with zero attached hydrogens (tertiary/aromatic N) is 1. The van der Waals surface area contributed by atoms with E-state index in [4.69, 9.17) is 4.74 Å². The lowest BCUT2D eigenvalue weighted by Gasteiger charge is -2.31. The molecule has 1 aliphatic rings. The Labute approximate surface area is 140 Å². The molecular weight excluding hydrogens is 302 g/mol. The lowest BCUT2D eigenvalue weighted by atomic mass is 9.74. The summed E-state index contributed by atoms with van der Waals surface area (Å²) in [5.41, 5.74) is 2.27. The molecule has 0 fully saturated rings. The Bertz CT molecular complexity index is 928. The number of benzene rings is 1. The highest BCUT2D eigenvalue weighted by molar-refractivity contribution is 5.98. The summed E-state index contributed by atoms with van der Waals surface area (Å²) >= 11 is 0. The molecule has 0 radical (unpaired) electrons. The third kappa shape index (κ3) is 2.61. The van der Waals surface area contributed by atoms with Crippen molar-refractivity contribution in [2.75, 3.05) is 6.61 Å². The Morgan fingerprint density at radius 3 is 2.62 bits per heavy atom.